The Balaban J connectivity index is 1.75. The summed E-state index contributed by atoms with van der Waals surface area (Å²) in [6.45, 7) is 5.72. The monoisotopic (exact) mass is 311 g/mol. The van der Waals surface area contributed by atoms with Gasteiger partial charge in [-0.1, -0.05) is 13.0 Å². The second-order valence-corrected chi connectivity index (χ2v) is 6.11. The fourth-order valence-electron chi connectivity index (χ4n) is 2.83. The normalized spacial score (nSPS) is 17.8. The summed E-state index contributed by atoms with van der Waals surface area (Å²) < 4.78 is 5.67. The molecule has 0 radical (unpaired) electrons. The zero-order valence-corrected chi connectivity index (χ0v) is 13.5. The first-order chi connectivity index (χ1) is 11.1. The molecule has 0 saturated carbocycles. The van der Waals surface area contributed by atoms with Crippen molar-refractivity contribution in [2.24, 2.45) is 5.92 Å². The van der Waals surface area contributed by atoms with Crippen molar-refractivity contribution in [3.05, 3.63) is 47.8 Å². The topological polar surface area (TPSA) is 55.3 Å². The molecule has 0 aliphatic carbocycles. The van der Waals surface area contributed by atoms with Crippen molar-refractivity contribution in [2.75, 3.05) is 13.1 Å². The van der Waals surface area contributed by atoms with Gasteiger partial charge >= 0.3 is 6.01 Å². The zero-order chi connectivity index (χ0) is 16.2. The van der Waals surface area contributed by atoms with E-state index in [-0.39, 0.29) is 5.91 Å². The molecule has 1 aliphatic heterocycles. The van der Waals surface area contributed by atoms with Gasteiger partial charge in [0.05, 0.1) is 0 Å². The van der Waals surface area contributed by atoms with Gasteiger partial charge in [-0.25, -0.2) is 9.97 Å². The van der Waals surface area contributed by atoms with E-state index in [1.54, 1.807) is 18.3 Å². The molecule has 1 unspecified atom stereocenters. The van der Waals surface area contributed by atoms with Gasteiger partial charge in [-0.05, 0) is 49.9 Å². The van der Waals surface area contributed by atoms with E-state index >= 15 is 0 Å². The molecule has 0 bridgehead atoms. The zero-order valence-electron chi connectivity index (χ0n) is 13.5. The number of benzene rings is 1. The fourth-order valence-corrected chi connectivity index (χ4v) is 2.83. The van der Waals surface area contributed by atoms with Gasteiger partial charge in [0.25, 0.3) is 5.91 Å². The number of nitrogens with zero attached hydrogens (tertiary/aromatic N) is 3. The number of hydrogen-bond donors (Lipinski definition) is 0. The Morgan fingerprint density at radius 2 is 2.22 bits per heavy atom. The summed E-state index contributed by atoms with van der Waals surface area (Å²) in [5, 5.41) is 0. The second-order valence-electron chi connectivity index (χ2n) is 6.11. The highest BCUT2D eigenvalue weighted by atomic mass is 16.5. The predicted octanol–water partition coefficient (Wildman–Crippen LogP) is 3.45. The molecule has 1 fully saturated rings. The van der Waals surface area contributed by atoms with Crippen molar-refractivity contribution in [2.45, 2.75) is 26.7 Å². The lowest BCUT2D eigenvalue weighted by molar-refractivity contribution is 0.0682. The third-order valence-corrected chi connectivity index (χ3v) is 4.01. The van der Waals surface area contributed by atoms with E-state index in [1.165, 1.54) is 6.42 Å². The van der Waals surface area contributed by atoms with Crippen LogP contribution in [-0.4, -0.2) is 33.9 Å². The number of aromatic nitrogens is 2. The molecule has 1 amide bonds. The molecule has 2 aromatic rings. The number of amides is 1. The van der Waals surface area contributed by atoms with Crippen LogP contribution < -0.4 is 4.74 Å². The van der Waals surface area contributed by atoms with Crippen molar-refractivity contribution in [3.8, 4) is 11.8 Å². The van der Waals surface area contributed by atoms with Crippen LogP contribution in [-0.2, 0) is 0 Å². The second kappa shape index (κ2) is 6.77. The minimum atomic E-state index is 0.0622. The van der Waals surface area contributed by atoms with E-state index in [9.17, 15) is 4.79 Å². The summed E-state index contributed by atoms with van der Waals surface area (Å²) in [4.78, 5) is 22.9. The molecule has 1 aliphatic rings. The van der Waals surface area contributed by atoms with Crippen molar-refractivity contribution in [1.29, 1.82) is 0 Å². The Kier molecular flexibility index (Phi) is 4.55. The van der Waals surface area contributed by atoms with Gasteiger partial charge in [0, 0.05) is 30.5 Å². The maximum Gasteiger partial charge on any atom is 0.322 e. The van der Waals surface area contributed by atoms with Crippen LogP contribution in [0.15, 0.2) is 36.5 Å². The van der Waals surface area contributed by atoms with Crippen LogP contribution in [0.2, 0.25) is 0 Å². The van der Waals surface area contributed by atoms with Crippen LogP contribution in [0.25, 0.3) is 0 Å². The molecule has 1 saturated heterocycles. The van der Waals surface area contributed by atoms with Gasteiger partial charge in [0.1, 0.15) is 5.75 Å². The van der Waals surface area contributed by atoms with Crippen LogP contribution in [0, 0.1) is 12.8 Å². The van der Waals surface area contributed by atoms with Crippen LogP contribution in [0.5, 0.6) is 11.8 Å². The molecule has 5 heteroatoms. The number of hydrogen-bond acceptors (Lipinski definition) is 4. The van der Waals surface area contributed by atoms with Crippen molar-refractivity contribution >= 4 is 5.91 Å². The molecule has 1 aromatic carbocycles. The first-order valence-corrected chi connectivity index (χ1v) is 7.98. The van der Waals surface area contributed by atoms with E-state index in [0.29, 0.717) is 23.2 Å². The summed E-state index contributed by atoms with van der Waals surface area (Å²) in [7, 11) is 0. The highest BCUT2D eigenvalue weighted by Crippen LogP contribution is 2.22. The quantitative estimate of drug-likeness (QED) is 0.871. The Bertz CT molecular complexity index is 702. The first kappa shape index (κ1) is 15.5. The number of rotatable bonds is 3. The third kappa shape index (κ3) is 3.86. The van der Waals surface area contributed by atoms with Crippen molar-refractivity contribution in [1.82, 2.24) is 14.9 Å². The predicted molar refractivity (Wildman–Crippen MR) is 87.6 cm³/mol. The number of ether oxygens (including phenoxy) is 1. The van der Waals surface area contributed by atoms with Gasteiger partial charge in [-0.15, -0.1) is 0 Å². The minimum absolute atomic E-state index is 0.0622. The average molecular weight is 311 g/mol. The molecule has 120 valence electrons. The van der Waals surface area contributed by atoms with Gasteiger partial charge in [0.2, 0.25) is 0 Å². The van der Waals surface area contributed by atoms with E-state index in [1.807, 2.05) is 30.0 Å². The van der Waals surface area contributed by atoms with Gasteiger partial charge in [0.15, 0.2) is 0 Å². The Morgan fingerprint density at radius 1 is 1.35 bits per heavy atom. The van der Waals surface area contributed by atoms with Crippen molar-refractivity contribution in [3.63, 3.8) is 0 Å². The lowest BCUT2D eigenvalue weighted by atomic mass is 9.99. The highest BCUT2D eigenvalue weighted by molar-refractivity contribution is 5.94. The molecular weight excluding hydrogens is 290 g/mol. The minimum Gasteiger partial charge on any atom is -0.424 e. The first-order valence-electron chi connectivity index (χ1n) is 7.98. The smallest absolute Gasteiger partial charge is 0.322 e. The maximum atomic E-state index is 12.6. The molecule has 5 nitrogen and oxygen atoms in total. The SMILES string of the molecule is Cc1ccnc(Oc2cccc(C(=O)N3CCCC(C)C3)c2)n1. The maximum absolute atomic E-state index is 12.6. The Labute approximate surface area is 136 Å². The summed E-state index contributed by atoms with van der Waals surface area (Å²) in [5.74, 6) is 1.20. The van der Waals surface area contributed by atoms with Crippen LogP contribution in [0.4, 0.5) is 0 Å². The van der Waals surface area contributed by atoms with Gasteiger partial charge < -0.3 is 9.64 Å². The fraction of sp³-hybridized carbons (Fsp3) is 0.389. The molecule has 3 rings (SSSR count). The summed E-state index contributed by atoms with van der Waals surface area (Å²) >= 11 is 0. The molecular formula is C18H21N3O2. The molecule has 2 heterocycles. The third-order valence-electron chi connectivity index (χ3n) is 4.01. The average Bonchev–Trinajstić information content (AvgIpc) is 2.54. The molecule has 1 aromatic heterocycles. The van der Waals surface area contributed by atoms with E-state index in [0.717, 1.165) is 25.2 Å². The van der Waals surface area contributed by atoms with Crippen LogP contribution in [0.1, 0.15) is 35.8 Å². The molecule has 1 atom stereocenters. The largest absolute Gasteiger partial charge is 0.424 e. The van der Waals surface area contributed by atoms with Crippen LogP contribution >= 0.6 is 0 Å². The molecule has 23 heavy (non-hydrogen) atoms. The Morgan fingerprint density at radius 3 is 3.00 bits per heavy atom. The van der Waals surface area contributed by atoms with E-state index in [4.69, 9.17) is 4.74 Å². The molecule has 0 spiro atoms. The number of likely N-dealkylation sites (tertiary alicyclic amines) is 1. The number of aryl methyl sites for hydroxylation is 1. The highest BCUT2D eigenvalue weighted by Gasteiger charge is 2.22. The Hall–Kier alpha value is -2.43. The van der Waals surface area contributed by atoms with Crippen LogP contribution in [0.3, 0.4) is 0 Å². The van der Waals surface area contributed by atoms with Gasteiger partial charge in [-0.3, -0.25) is 4.79 Å². The van der Waals surface area contributed by atoms with E-state index < -0.39 is 0 Å². The lowest BCUT2D eigenvalue weighted by Crippen LogP contribution is -2.39. The van der Waals surface area contributed by atoms with Gasteiger partial charge in [-0.2, -0.15) is 0 Å². The number of carbonyl (C=O) groups excluding carboxylic acids is 1. The lowest BCUT2D eigenvalue weighted by Gasteiger charge is -2.31. The number of piperidine rings is 1. The molecule has 0 N–H and O–H groups in total. The summed E-state index contributed by atoms with van der Waals surface area (Å²) in [5.41, 5.74) is 1.48. The number of carbonyl (C=O) groups is 1. The van der Waals surface area contributed by atoms with Crippen molar-refractivity contribution < 1.29 is 9.53 Å². The summed E-state index contributed by atoms with van der Waals surface area (Å²) in [6.07, 6.45) is 3.92. The standard InChI is InChI=1S/C18H21N3O2/c1-13-5-4-10-21(12-13)17(22)15-6-3-7-16(11-15)23-18-19-9-8-14(2)20-18/h3,6-9,11,13H,4-5,10,12H2,1-2H3. The summed E-state index contributed by atoms with van der Waals surface area (Å²) in [6, 6.07) is 9.32. The van der Waals surface area contributed by atoms with E-state index in [2.05, 4.69) is 16.9 Å².